The van der Waals surface area contributed by atoms with E-state index in [0.717, 1.165) is 11.1 Å². The van der Waals surface area contributed by atoms with E-state index >= 15 is 0 Å². The predicted octanol–water partition coefficient (Wildman–Crippen LogP) is 3.07. The lowest BCUT2D eigenvalue weighted by atomic mass is 9.99. The van der Waals surface area contributed by atoms with Crippen LogP contribution < -0.4 is 11.5 Å². The highest BCUT2D eigenvalue weighted by atomic mass is 14.9. The molecule has 0 atom stereocenters. The number of pyridine rings is 1. The monoisotopic (exact) mass is 235 g/mol. The van der Waals surface area contributed by atoms with Crippen LogP contribution in [0.3, 0.4) is 0 Å². The van der Waals surface area contributed by atoms with Crippen LogP contribution in [-0.2, 0) is 0 Å². The van der Waals surface area contributed by atoms with Crippen molar-refractivity contribution < 1.29 is 0 Å². The molecule has 0 aliphatic rings. The van der Waals surface area contributed by atoms with Gasteiger partial charge in [-0.15, -0.1) is 0 Å². The Bertz CT molecular complexity index is 694. The third kappa shape index (κ3) is 1.76. The SMILES string of the molecule is Nc1cc(-c2cccc3ccccc23)cc(N)n1. The number of hydrogen-bond acceptors (Lipinski definition) is 3. The number of anilines is 2. The zero-order chi connectivity index (χ0) is 12.5. The average molecular weight is 235 g/mol. The lowest BCUT2D eigenvalue weighted by molar-refractivity contribution is 1.35. The standard InChI is InChI=1S/C15H13N3/c16-14-8-11(9-15(17)18-14)13-7-3-5-10-4-1-2-6-12(10)13/h1-9H,(H4,16,17,18). The second-order valence-electron chi connectivity index (χ2n) is 4.23. The molecular weight excluding hydrogens is 222 g/mol. The molecule has 0 amide bonds. The van der Waals surface area contributed by atoms with Crippen LogP contribution in [0, 0.1) is 0 Å². The lowest BCUT2D eigenvalue weighted by Crippen LogP contribution is -1.96. The van der Waals surface area contributed by atoms with Gasteiger partial charge in [-0.3, -0.25) is 0 Å². The maximum atomic E-state index is 5.75. The molecule has 0 fully saturated rings. The Morgan fingerprint density at radius 2 is 1.44 bits per heavy atom. The highest BCUT2D eigenvalue weighted by Crippen LogP contribution is 2.30. The molecule has 1 heterocycles. The molecule has 0 unspecified atom stereocenters. The van der Waals surface area contributed by atoms with Gasteiger partial charge in [0.2, 0.25) is 0 Å². The highest BCUT2D eigenvalue weighted by molar-refractivity contribution is 5.97. The minimum absolute atomic E-state index is 0.443. The van der Waals surface area contributed by atoms with Crippen molar-refractivity contribution in [1.82, 2.24) is 4.98 Å². The maximum absolute atomic E-state index is 5.75. The molecule has 0 bridgehead atoms. The zero-order valence-corrected chi connectivity index (χ0v) is 9.80. The molecule has 3 rings (SSSR count). The summed E-state index contributed by atoms with van der Waals surface area (Å²) >= 11 is 0. The molecule has 0 radical (unpaired) electrons. The molecule has 2 aromatic carbocycles. The van der Waals surface area contributed by atoms with Crippen molar-refractivity contribution in [3.05, 3.63) is 54.6 Å². The molecule has 0 spiro atoms. The van der Waals surface area contributed by atoms with Crippen LogP contribution >= 0.6 is 0 Å². The third-order valence-electron chi connectivity index (χ3n) is 2.97. The fourth-order valence-electron chi connectivity index (χ4n) is 2.21. The normalized spacial score (nSPS) is 10.7. The molecule has 4 N–H and O–H groups in total. The number of nitrogen functional groups attached to an aromatic ring is 2. The quantitative estimate of drug-likeness (QED) is 0.681. The van der Waals surface area contributed by atoms with Gasteiger partial charge in [0, 0.05) is 0 Å². The molecule has 0 saturated carbocycles. The van der Waals surface area contributed by atoms with Gasteiger partial charge in [-0.25, -0.2) is 4.98 Å². The molecule has 1 aromatic heterocycles. The van der Waals surface area contributed by atoms with Crippen molar-refractivity contribution in [2.45, 2.75) is 0 Å². The summed E-state index contributed by atoms with van der Waals surface area (Å²) in [6, 6.07) is 18.1. The number of hydrogen-bond donors (Lipinski definition) is 2. The van der Waals surface area contributed by atoms with Crippen molar-refractivity contribution in [1.29, 1.82) is 0 Å². The van der Waals surface area contributed by atoms with Crippen LogP contribution in [0.2, 0.25) is 0 Å². The largest absolute Gasteiger partial charge is 0.384 e. The van der Waals surface area contributed by atoms with Gasteiger partial charge in [0.05, 0.1) is 0 Å². The first-order valence-electron chi connectivity index (χ1n) is 5.75. The van der Waals surface area contributed by atoms with Crippen LogP contribution in [0.1, 0.15) is 0 Å². The third-order valence-corrected chi connectivity index (χ3v) is 2.97. The number of nitrogens with two attached hydrogens (primary N) is 2. The molecular formula is C15H13N3. The Morgan fingerprint density at radius 1 is 0.778 bits per heavy atom. The van der Waals surface area contributed by atoms with Gasteiger partial charge in [-0.05, 0) is 34.0 Å². The van der Waals surface area contributed by atoms with E-state index in [4.69, 9.17) is 11.5 Å². The Morgan fingerprint density at radius 3 is 2.22 bits per heavy atom. The summed E-state index contributed by atoms with van der Waals surface area (Å²) < 4.78 is 0. The number of nitrogens with zero attached hydrogens (tertiary/aromatic N) is 1. The van der Waals surface area contributed by atoms with E-state index in [1.807, 2.05) is 30.3 Å². The first-order valence-corrected chi connectivity index (χ1v) is 5.75. The molecule has 0 saturated heterocycles. The van der Waals surface area contributed by atoms with Crippen molar-refractivity contribution >= 4 is 22.4 Å². The summed E-state index contributed by atoms with van der Waals surface area (Å²) in [6.45, 7) is 0. The van der Waals surface area contributed by atoms with E-state index in [1.165, 1.54) is 10.8 Å². The molecule has 3 aromatic rings. The molecule has 88 valence electrons. The minimum Gasteiger partial charge on any atom is -0.384 e. The van der Waals surface area contributed by atoms with Crippen LogP contribution in [0.5, 0.6) is 0 Å². The van der Waals surface area contributed by atoms with Crippen molar-refractivity contribution in [3.8, 4) is 11.1 Å². The predicted molar refractivity (Wildman–Crippen MR) is 76.0 cm³/mol. The van der Waals surface area contributed by atoms with E-state index < -0.39 is 0 Å². The van der Waals surface area contributed by atoms with E-state index in [1.54, 1.807) is 0 Å². The second kappa shape index (κ2) is 4.04. The van der Waals surface area contributed by atoms with Crippen LogP contribution in [-0.4, -0.2) is 4.98 Å². The topological polar surface area (TPSA) is 64.9 Å². The first-order chi connectivity index (χ1) is 8.74. The Labute approximate surface area is 105 Å². The lowest BCUT2D eigenvalue weighted by Gasteiger charge is -2.08. The van der Waals surface area contributed by atoms with E-state index in [9.17, 15) is 0 Å². The van der Waals surface area contributed by atoms with E-state index in [2.05, 4.69) is 29.2 Å². The van der Waals surface area contributed by atoms with Gasteiger partial charge in [-0.1, -0.05) is 42.5 Å². The number of aromatic nitrogens is 1. The smallest absolute Gasteiger partial charge is 0.126 e. The molecule has 18 heavy (non-hydrogen) atoms. The van der Waals surface area contributed by atoms with Gasteiger partial charge in [0.15, 0.2) is 0 Å². The van der Waals surface area contributed by atoms with Crippen molar-refractivity contribution in [2.75, 3.05) is 11.5 Å². The van der Waals surface area contributed by atoms with E-state index in [0.29, 0.717) is 11.6 Å². The summed E-state index contributed by atoms with van der Waals surface area (Å²) in [5.41, 5.74) is 13.6. The van der Waals surface area contributed by atoms with Gasteiger partial charge in [0.1, 0.15) is 11.6 Å². The number of rotatable bonds is 1. The van der Waals surface area contributed by atoms with Crippen LogP contribution in [0.4, 0.5) is 11.6 Å². The summed E-state index contributed by atoms with van der Waals surface area (Å²) in [5.74, 6) is 0.885. The minimum atomic E-state index is 0.443. The Hall–Kier alpha value is -2.55. The fraction of sp³-hybridized carbons (Fsp3) is 0. The molecule has 0 aliphatic heterocycles. The fourth-order valence-corrected chi connectivity index (χ4v) is 2.21. The summed E-state index contributed by atoms with van der Waals surface area (Å²) in [6.07, 6.45) is 0. The second-order valence-corrected chi connectivity index (χ2v) is 4.23. The number of benzene rings is 2. The zero-order valence-electron chi connectivity index (χ0n) is 9.80. The molecule has 0 aliphatic carbocycles. The highest BCUT2D eigenvalue weighted by Gasteiger charge is 2.05. The van der Waals surface area contributed by atoms with Gasteiger partial charge >= 0.3 is 0 Å². The van der Waals surface area contributed by atoms with Gasteiger partial charge in [-0.2, -0.15) is 0 Å². The van der Waals surface area contributed by atoms with E-state index in [-0.39, 0.29) is 0 Å². The van der Waals surface area contributed by atoms with Gasteiger partial charge < -0.3 is 11.5 Å². The number of fused-ring (bicyclic) bond motifs is 1. The summed E-state index contributed by atoms with van der Waals surface area (Å²) in [4.78, 5) is 4.00. The van der Waals surface area contributed by atoms with Crippen molar-refractivity contribution in [3.63, 3.8) is 0 Å². The average Bonchev–Trinajstić information content (AvgIpc) is 2.37. The Kier molecular flexibility index (Phi) is 2.38. The Balaban J connectivity index is 2.31. The first kappa shape index (κ1) is 10.6. The van der Waals surface area contributed by atoms with Crippen LogP contribution in [0.15, 0.2) is 54.6 Å². The van der Waals surface area contributed by atoms with Gasteiger partial charge in [0.25, 0.3) is 0 Å². The van der Waals surface area contributed by atoms with Crippen molar-refractivity contribution in [2.24, 2.45) is 0 Å². The molecule has 3 nitrogen and oxygen atoms in total. The summed E-state index contributed by atoms with van der Waals surface area (Å²) in [5, 5.41) is 2.38. The van der Waals surface area contributed by atoms with Crippen LogP contribution in [0.25, 0.3) is 21.9 Å². The maximum Gasteiger partial charge on any atom is 0.126 e. The molecule has 3 heteroatoms. The summed E-state index contributed by atoms with van der Waals surface area (Å²) in [7, 11) is 0.